The van der Waals surface area contributed by atoms with Crippen LogP contribution < -0.4 is 4.74 Å². The lowest BCUT2D eigenvalue weighted by atomic mass is 10.2. The second kappa shape index (κ2) is 4.13. The van der Waals surface area contributed by atoms with Gasteiger partial charge in [0.1, 0.15) is 18.1 Å². The highest BCUT2D eigenvalue weighted by atomic mass is 16.5. The molecule has 0 aliphatic rings. The van der Waals surface area contributed by atoms with Gasteiger partial charge in [0.25, 0.3) is 0 Å². The average molecular weight is 203 g/mol. The number of rotatable bonds is 3. The van der Waals surface area contributed by atoms with E-state index in [1.54, 1.807) is 4.68 Å². The molecule has 0 atom stereocenters. The third-order valence-corrected chi connectivity index (χ3v) is 2.12. The summed E-state index contributed by atoms with van der Waals surface area (Å²) in [7, 11) is 1.84. The Kier molecular flexibility index (Phi) is 2.67. The Labute approximate surface area is 88.5 Å². The first-order chi connectivity index (χ1) is 7.25. The third kappa shape index (κ3) is 2.34. The highest BCUT2D eigenvalue weighted by molar-refractivity contribution is 5.31. The van der Waals surface area contributed by atoms with E-state index in [9.17, 15) is 0 Å². The van der Waals surface area contributed by atoms with Crippen LogP contribution >= 0.6 is 0 Å². The number of aryl methyl sites for hydroxylation is 2. The fourth-order valence-electron chi connectivity index (χ4n) is 1.33. The van der Waals surface area contributed by atoms with E-state index < -0.39 is 0 Å². The van der Waals surface area contributed by atoms with Crippen molar-refractivity contribution in [2.45, 2.75) is 13.5 Å². The van der Waals surface area contributed by atoms with Crippen LogP contribution in [-0.4, -0.2) is 15.0 Å². The summed E-state index contributed by atoms with van der Waals surface area (Å²) in [4.78, 5) is 0. The van der Waals surface area contributed by atoms with Crippen molar-refractivity contribution in [1.29, 1.82) is 0 Å². The van der Waals surface area contributed by atoms with E-state index >= 15 is 0 Å². The van der Waals surface area contributed by atoms with E-state index in [4.69, 9.17) is 4.74 Å². The first-order valence-electron chi connectivity index (χ1n) is 4.79. The van der Waals surface area contributed by atoms with Gasteiger partial charge in [0.15, 0.2) is 0 Å². The molecule has 4 heteroatoms. The lowest BCUT2D eigenvalue weighted by Crippen LogP contribution is -1.97. The minimum atomic E-state index is 0.457. The number of nitrogens with zero attached hydrogens (tertiary/aromatic N) is 3. The molecule has 0 radical (unpaired) electrons. The first-order valence-corrected chi connectivity index (χ1v) is 4.79. The van der Waals surface area contributed by atoms with Gasteiger partial charge in [-0.05, 0) is 18.6 Å². The number of hydrogen-bond donors (Lipinski definition) is 0. The van der Waals surface area contributed by atoms with Gasteiger partial charge in [-0.1, -0.05) is 23.4 Å². The van der Waals surface area contributed by atoms with E-state index in [0.717, 1.165) is 17.0 Å². The van der Waals surface area contributed by atoms with Gasteiger partial charge in [-0.15, -0.1) is 5.10 Å². The summed E-state index contributed by atoms with van der Waals surface area (Å²) < 4.78 is 7.28. The van der Waals surface area contributed by atoms with Crippen molar-refractivity contribution in [3.05, 3.63) is 41.7 Å². The van der Waals surface area contributed by atoms with Crippen molar-refractivity contribution in [3.8, 4) is 5.75 Å². The van der Waals surface area contributed by atoms with E-state index in [-0.39, 0.29) is 0 Å². The summed E-state index contributed by atoms with van der Waals surface area (Å²) in [5, 5.41) is 7.79. The van der Waals surface area contributed by atoms with E-state index in [1.165, 1.54) is 0 Å². The van der Waals surface area contributed by atoms with E-state index in [0.29, 0.717) is 6.61 Å². The SMILES string of the molecule is Cc1ccccc1OCc1cn(C)nn1. The van der Waals surface area contributed by atoms with Crippen molar-refractivity contribution < 1.29 is 4.74 Å². The lowest BCUT2D eigenvalue weighted by Gasteiger charge is -2.06. The van der Waals surface area contributed by atoms with Gasteiger partial charge in [0, 0.05) is 7.05 Å². The Hall–Kier alpha value is -1.84. The van der Waals surface area contributed by atoms with Crippen LogP contribution in [0.1, 0.15) is 11.3 Å². The molecule has 0 fully saturated rings. The van der Waals surface area contributed by atoms with Crippen LogP contribution in [0.3, 0.4) is 0 Å². The summed E-state index contributed by atoms with van der Waals surface area (Å²) in [5.41, 5.74) is 1.96. The maximum absolute atomic E-state index is 5.62. The van der Waals surface area contributed by atoms with Crippen molar-refractivity contribution in [2.75, 3.05) is 0 Å². The van der Waals surface area contributed by atoms with Gasteiger partial charge in [-0.3, -0.25) is 4.68 Å². The number of para-hydroxylation sites is 1. The molecule has 15 heavy (non-hydrogen) atoms. The second-order valence-electron chi connectivity index (χ2n) is 3.44. The highest BCUT2D eigenvalue weighted by Gasteiger charge is 2.01. The van der Waals surface area contributed by atoms with Gasteiger partial charge < -0.3 is 4.74 Å². The molecular weight excluding hydrogens is 190 g/mol. The van der Waals surface area contributed by atoms with Gasteiger partial charge in [0.05, 0.1) is 6.20 Å². The minimum absolute atomic E-state index is 0.457. The summed E-state index contributed by atoms with van der Waals surface area (Å²) in [6.07, 6.45) is 1.85. The monoisotopic (exact) mass is 203 g/mol. The Bertz CT molecular complexity index is 451. The number of hydrogen-bond acceptors (Lipinski definition) is 3. The van der Waals surface area contributed by atoms with Crippen LogP contribution in [-0.2, 0) is 13.7 Å². The van der Waals surface area contributed by atoms with E-state index in [2.05, 4.69) is 10.3 Å². The minimum Gasteiger partial charge on any atom is -0.487 e. The zero-order valence-electron chi connectivity index (χ0n) is 8.84. The maximum atomic E-state index is 5.62. The Morgan fingerprint density at radius 1 is 1.33 bits per heavy atom. The Morgan fingerprint density at radius 2 is 2.13 bits per heavy atom. The molecule has 0 spiro atoms. The van der Waals surface area contributed by atoms with Crippen molar-refractivity contribution >= 4 is 0 Å². The lowest BCUT2D eigenvalue weighted by molar-refractivity contribution is 0.299. The summed E-state index contributed by atoms with van der Waals surface area (Å²) in [5.74, 6) is 0.892. The predicted octanol–water partition coefficient (Wildman–Crippen LogP) is 1.70. The molecule has 0 unspecified atom stereocenters. The standard InChI is InChI=1S/C11H13N3O/c1-9-5-3-4-6-11(9)15-8-10-7-14(2)13-12-10/h3-7H,8H2,1-2H3. The van der Waals surface area contributed by atoms with Crippen LogP contribution in [0, 0.1) is 6.92 Å². The molecule has 1 aromatic carbocycles. The van der Waals surface area contributed by atoms with Gasteiger partial charge >= 0.3 is 0 Å². The molecule has 2 rings (SSSR count). The smallest absolute Gasteiger partial charge is 0.134 e. The van der Waals surface area contributed by atoms with Crippen LogP contribution in [0.4, 0.5) is 0 Å². The topological polar surface area (TPSA) is 39.9 Å². The second-order valence-corrected chi connectivity index (χ2v) is 3.44. The molecule has 0 saturated heterocycles. The molecule has 2 aromatic rings. The van der Waals surface area contributed by atoms with E-state index in [1.807, 2.05) is 44.4 Å². The molecular formula is C11H13N3O. The number of ether oxygens (including phenoxy) is 1. The molecule has 0 amide bonds. The van der Waals surface area contributed by atoms with Crippen molar-refractivity contribution in [1.82, 2.24) is 15.0 Å². The van der Waals surface area contributed by atoms with Crippen LogP contribution in [0.25, 0.3) is 0 Å². The molecule has 0 bridgehead atoms. The quantitative estimate of drug-likeness (QED) is 0.762. The largest absolute Gasteiger partial charge is 0.487 e. The zero-order valence-corrected chi connectivity index (χ0v) is 8.84. The molecule has 1 heterocycles. The molecule has 0 aliphatic carbocycles. The molecule has 4 nitrogen and oxygen atoms in total. The fourth-order valence-corrected chi connectivity index (χ4v) is 1.33. The summed E-state index contributed by atoms with van der Waals surface area (Å²) in [6, 6.07) is 7.92. The predicted molar refractivity (Wildman–Crippen MR) is 56.5 cm³/mol. The normalized spacial score (nSPS) is 10.3. The fraction of sp³-hybridized carbons (Fsp3) is 0.273. The maximum Gasteiger partial charge on any atom is 0.134 e. The molecule has 0 N–H and O–H groups in total. The van der Waals surface area contributed by atoms with Crippen LogP contribution in [0.2, 0.25) is 0 Å². The number of aromatic nitrogens is 3. The van der Waals surface area contributed by atoms with Crippen molar-refractivity contribution in [3.63, 3.8) is 0 Å². The van der Waals surface area contributed by atoms with Gasteiger partial charge in [-0.2, -0.15) is 0 Å². The molecule has 78 valence electrons. The summed E-state index contributed by atoms with van der Waals surface area (Å²) >= 11 is 0. The summed E-state index contributed by atoms with van der Waals surface area (Å²) in [6.45, 7) is 2.48. The number of benzene rings is 1. The molecule has 1 aromatic heterocycles. The average Bonchev–Trinajstić information content (AvgIpc) is 2.63. The highest BCUT2D eigenvalue weighted by Crippen LogP contribution is 2.17. The zero-order chi connectivity index (χ0) is 10.7. The Morgan fingerprint density at radius 3 is 2.80 bits per heavy atom. The van der Waals surface area contributed by atoms with Gasteiger partial charge in [-0.25, -0.2) is 0 Å². The molecule has 0 saturated carbocycles. The third-order valence-electron chi connectivity index (χ3n) is 2.12. The first kappa shape index (κ1) is 9.71. The molecule has 0 aliphatic heterocycles. The van der Waals surface area contributed by atoms with Crippen molar-refractivity contribution in [2.24, 2.45) is 7.05 Å². The Balaban J connectivity index is 2.02. The van der Waals surface area contributed by atoms with Crippen LogP contribution in [0.5, 0.6) is 5.75 Å². The van der Waals surface area contributed by atoms with Gasteiger partial charge in [0.2, 0.25) is 0 Å². The van der Waals surface area contributed by atoms with Crippen LogP contribution in [0.15, 0.2) is 30.5 Å².